The van der Waals surface area contributed by atoms with Crippen molar-refractivity contribution in [1.82, 2.24) is 4.90 Å². The SMILES string of the molecule is CCN(Cc1cccc2ccccc12)C(C)CS(C)(=O)=O. The number of fused-ring (bicyclic) bond motifs is 1. The highest BCUT2D eigenvalue weighted by Crippen LogP contribution is 2.20. The van der Waals surface area contributed by atoms with Crippen LogP contribution in [-0.2, 0) is 16.4 Å². The van der Waals surface area contributed by atoms with Gasteiger partial charge in [0.25, 0.3) is 0 Å². The van der Waals surface area contributed by atoms with E-state index >= 15 is 0 Å². The van der Waals surface area contributed by atoms with Gasteiger partial charge in [0, 0.05) is 18.8 Å². The van der Waals surface area contributed by atoms with Crippen molar-refractivity contribution in [3.63, 3.8) is 0 Å². The number of rotatable bonds is 6. The Morgan fingerprint density at radius 2 is 1.76 bits per heavy atom. The summed E-state index contributed by atoms with van der Waals surface area (Å²) in [5.74, 6) is 0.200. The second-order valence-corrected chi connectivity index (χ2v) is 7.83. The van der Waals surface area contributed by atoms with Crippen molar-refractivity contribution in [2.24, 2.45) is 0 Å². The molecule has 0 N–H and O–H groups in total. The first-order valence-corrected chi connectivity index (χ1v) is 9.35. The van der Waals surface area contributed by atoms with Gasteiger partial charge in [-0.3, -0.25) is 4.90 Å². The summed E-state index contributed by atoms with van der Waals surface area (Å²) in [6.45, 7) is 5.66. The summed E-state index contributed by atoms with van der Waals surface area (Å²) in [6, 6.07) is 14.6. The molecule has 2 aromatic carbocycles. The second kappa shape index (κ2) is 6.58. The van der Waals surface area contributed by atoms with E-state index in [0.717, 1.165) is 13.1 Å². The monoisotopic (exact) mass is 305 g/mol. The maximum Gasteiger partial charge on any atom is 0.148 e. The van der Waals surface area contributed by atoms with Crippen LogP contribution < -0.4 is 0 Å². The fraction of sp³-hybridized carbons (Fsp3) is 0.412. The van der Waals surface area contributed by atoms with Crippen LogP contribution >= 0.6 is 0 Å². The van der Waals surface area contributed by atoms with Crippen LogP contribution in [0.5, 0.6) is 0 Å². The van der Waals surface area contributed by atoms with Crippen molar-refractivity contribution in [1.29, 1.82) is 0 Å². The lowest BCUT2D eigenvalue weighted by atomic mass is 10.0. The molecule has 0 aliphatic carbocycles. The lowest BCUT2D eigenvalue weighted by Gasteiger charge is -2.27. The van der Waals surface area contributed by atoms with Gasteiger partial charge in [-0.25, -0.2) is 8.42 Å². The molecule has 0 amide bonds. The highest BCUT2D eigenvalue weighted by Gasteiger charge is 2.18. The summed E-state index contributed by atoms with van der Waals surface area (Å²) < 4.78 is 23.0. The quantitative estimate of drug-likeness (QED) is 0.823. The molecular formula is C17H23NO2S. The fourth-order valence-electron chi connectivity index (χ4n) is 2.77. The zero-order chi connectivity index (χ0) is 15.5. The first-order chi connectivity index (χ1) is 9.90. The summed E-state index contributed by atoms with van der Waals surface area (Å²) in [6.07, 6.45) is 1.30. The topological polar surface area (TPSA) is 37.4 Å². The molecule has 0 aliphatic heterocycles. The van der Waals surface area contributed by atoms with Crippen molar-refractivity contribution in [3.05, 3.63) is 48.0 Å². The minimum Gasteiger partial charge on any atom is -0.296 e. The molecule has 0 bridgehead atoms. The van der Waals surface area contributed by atoms with Crippen molar-refractivity contribution in [3.8, 4) is 0 Å². The molecule has 2 aromatic rings. The van der Waals surface area contributed by atoms with E-state index in [4.69, 9.17) is 0 Å². The first-order valence-electron chi connectivity index (χ1n) is 7.29. The molecule has 21 heavy (non-hydrogen) atoms. The second-order valence-electron chi connectivity index (χ2n) is 5.64. The van der Waals surface area contributed by atoms with E-state index in [-0.39, 0.29) is 11.8 Å². The molecule has 0 aliphatic rings. The number of nitrogens with zero attached hydrogens (tertiary/aromatic N) is 1. The van der Waals surface area contributed by atoms with Gasteiger partial charge in [-0.05, 0) is 29.8 Å². The van der Waals surface area contributed by atoms with Gasteiger partial charge < -0.3 is 0 Å². The van der Waals surface area contributed by atoms with E-state index < -0.39 is 9.84 Å². The molecule has 0 aromatic heterocycles. The molecule has 0 saturated carbocycles. The molecule has 114 valence electrons. The van der Waals surface area contributed by atoms with Crippen LogP contribution in [0.15, 0.2) is 42.5 Å². The third-order valence-electron chi connectivity index (χ3n) is 3.83. The Morgan fingerprint density at radius 1 is 1.10 bits per heavy atom. The maximum absolute atomic E-state index is 11.5. The fourth-order valence-corrected chi connectivity index (χ4v) is 3.86. The molecule has 4 heteroatoms. The van der Waals surface area contributed by atoms with Gasteiger partial charge in [-0.15, -0.1) is 0 Å². The molecule has 0 fully saturated rings. The largest absolute Gasteiger partial charge is 0.296 e. The Morgan fingerprint density at radius 3 is 2.43 bits per heavy atom. The number of benzene rings is 2. The molecule has 0 saturated heterocycles. The van der Waals surface area contributed by atoms with Gasteiger partial charge in [0.05, 0.1) is 5.75 Å². The van der Waals surface area contributed by atoms with Gasteiger partial charge >= 0.3 is 0 Å². The number of hydrogen-bond donors (Lipinski definition) is 0. The van der Waals surface area contributed by atoms with E-state index in [1.54, 1.807) is 0 Å². The summed E-state index contributed by atoms with van der Waals surface area (Å²) in [4.78, 5) is 2.21. The van der Waals surface area contributed by atoms with Crippen molar-refractivity contribution < 1.29 is 8.42 Å². The lowest BCUT2D eigenvalue weighted by Crippen LogP contribution is -2.37. The predicted octanol–water partition coefficient (Wildman–Crippen LogP) is 3.09. The Kier molecular flexibility index (Phi) is 5.01. The Balaban J connectivity index is 2.25. The molecule has 3 nitrogen and oxygen atoms in total. The first kappa shape index (κ1) is 16.0. The van der Waals surface area contributed by atoms with E-state index in [1.165, 1.54) is 22.6 Å². The van der Waals surface area contributed by atoms with Crippen LogP contribution in [0.3, 0.4) is 0 Å². The standard InChI is InChI=1S/C17H23NO2S/c1-4-18(14(2)13-21(3,19)20)12-16-10-7-9-15-8-5-6-11-17(15)16/h5-11,14H,4,12-13H2,1-3H3. The zero-order valence-corrected chi connectivity index (χ0v) is 13.7. The number of sulfone groups is 1. The molecule has 0 spiro atoms. The van der Waals surface area contributed by atoms with Crippen LogP contribution in [0.1, 0.15) is 19.4 Å². The minimum absolute atomic E-state index is 0.0176. The summed E-state index contributed by atoms with van der Waals surface area (Å²) in [7, 11) is -2.95. The van der Waals surface area contributed by atoms with Crippen LogP contribution in [0.4, 0.5) is 0 Å². The molecule has 1 unspecified atom stereocenters. The maximum atomic E-state index is 11.5. The molecule has 2 rings (SSSR count). The smallest absolute Gasteiger partial charge is 0.148 e. The van der Waals surface area contributed by atoms with E-state index in [1.807, 2.05) is 19.1 Å². The lowest BCUT2D eigenvalue weighted by molar-refractivity contribution is 0.227. The van der Waals surface area contributed by atoms with E-state index in [2.05, 4.69) is 42.2 Å². The minimum atomic E-state index is -2.95. The van der Waals surface area contributed by atoms with Gasteiger partial charge in [0.2, 0.25) is 0 Å². The van der Waals surface area contributed by atoms with Gasteiger partial charge in [0.1, 0.15) is 9.84 Å². The Bertz CT molecular complexity index is 704. The van der Waals surface area contributed by atoms with Crippen molar-refractivity contribution in [2.45, 2.75) is 26.4 Å². The van der Waals surface area contributed by atoms with Gasteiger partial charge in [0.15, 0.2) is 0 Å². The molecular weight excluding hydrogens is 282 g/mol. The zero-order valence-electron chi connectivity index (χ0n) is 12.9. The normalized spacial score (nSPS) is 13.7. The highest BCUT2D eigenvalue weighted by molar-refractivity contribution is 7.90. The van der Waals surface area contributed by atoms with Crippen molar-refractivity contribution in [2.75, 3.05) is 18.6 Å². The van der Waals surface area contributed by atoms with Crippen LogP contribution in [0.2, 0.25) is 0 Å². The summed E-state index contributed by atoms with van der Waals surface area (Å²) in [5, 5.41) is 2.46. The van der Waals surface area contributed by atoms with Crippen LogP contribution in [-0.4, -0.2) is 37.9 Å². The Labute approximate surface area is 127 Å². The Hall–Kier alpha value is -1.39. The third kappa shape index (κ3) is 4.29. The average Bonchev–Trinajstić information content (AvgIpc) is 2.42. The van der Waals surface area contributed by atoms with Gasteiger partial charge in [-0.2, -0.15) is 0 Å². The number of hydrogen-bond acceptors (Lipinski definition) is 3. The highest BCUT2D eigenvalue weighted by atomic mass is 32.2. The van der Waals surface area contributed by atoms with Crippen LogP contribution in [0.25, 0.3) is 10.8 Å². The van der Waals surface area contributed by atoms with E-state index in [0.29, 0.717) is 0 Å². The summed E-state index contributed by atoms with van der Waals surface area (Å²) >= 11 is 0. The summed E-state index contributed by atoms with van der Waals surface area (Å²) in [5.41, 5.74) is 1.25. The van der Waals surface area contributed by atoms with Gasteiger partial charge in [-0.1, -0.05) is 49.4 Å². The molecule has 0 heterocycles. The average molecular weight is 305 g/mol. The van der Waals surface area contributed by atoms with E-state index in [9.17, 15) is 8.42 Å². The molecule has 1 atom stereocenters. The predicted molar refractivity (Wildman–Crippen MR) is 89.2 cm³/mol. The van der Waals surface area contributed by atoms with Crippen LogP contribution in [0, 0.1) is 0 Å². The van der Waals surface area contributed by atoms with Crippen molar-refractivity contribution >= 4 is 20.6 Å². The molecule has 0 radical (unpaired) electrons. The third-order valence-corrected chi connectivity index (χ3v) is 4.91.